The van der Waals surface area contributed by atoms with Crippen LogP contribution < -0.4 is 4.90 Å². The molecule has 0 aliphatic carbocycles. The van der Waals surface area contributed by atoms with Gasteiger partial charge in [0.1, 0.15) is 18.0 Å². The first-order valence-corrected chi connectivity index (χ1v) is 6.38. The predicted molar refractivity (Wildman–Crippen MR) is 74.0 cm³/mol. The van der Waals surface area contributed by atoms with Crippen LogP contribution in [0.4, 0.5) is 5.69 Å². The second-order valence-electron chi connectivity index (χ2n) is 4.67. The second kappa shape index (κ2) is 4.91. The highest BCUT2D eigenvalue weighted by Crippen LogP contribution is 2.30. The van der Waals surface area contributed by atoms with Crippen LogP contribution in [-0.2, 0) is 9.53 Å². The number of anilines is 1. The Hall–Kier alpha value is -2.45. The van der Waals surface area contributed by atoms with Crippen molar-refractivity contribution in [1.82, 2.24) is 4.98 Å². The molecular formula is C15H13N3O2. The molecule has 1 fully saturated rings. The van der Waals surface area contributed by atoms with Gasteiger partial charge in [-0.2, -0.15) is 5.26 Å². The van der Waals surface area contributed by atoms with E-state index < -0.39 is 0 Å². The standard InChI is InChI=1S/C15H13N3O2/c1-20-15-5-4-14(19)18(15)11-2-3-12-10(8-11)6-7-17-13(12)9-16/h2-3,6-8,15H,4-5H2,1H3/t15-/m0/s1. The van der Waals surface area contributed by atoms with Crippen LogP contribution in [0.25, 0.3) is 10.8 Å². The average molecular weight is 267 g/mol. The predicted octanol–water partition coefficient (Wildman–Crippen LogP) is 2.21. The number of carbonyl (C=O) groups is 1. The fraction of sp³-hybridized carbons (Fsp3) is 0.267. The summed E-state index contributed by atoms with van der Waals surface area (Å²) in [5.41, 5.74) is 1.19. The maximum Gasteiger partial charge on any atom is 0.229 e. The number of amides is 1. The molecule has 5 heteroatoms. The van der Waals surface area contributed by atoms with Gasteiger partial charge in [-0.25, -0.2) is 4.98 Å². The molecule has 1 aliphatic rings. The van der Waals surface area contributed by atoms with Crippen molar-refractivity contribution in [2.45, 2.75) is 19.1 Å². The number of carbonyl (C=O) groups excluding carboxylic acids is 1. The van der Waals surface area contributed by atoms with E-state index in [4.69, 9.17) is 10.00 Å². The van der Waals surface area contributed by atoms with E-state index in [1.54, 1.807) is 18.2 Å². The highest BCUT2D eigenvalue weighted by Gasteiger charge is 2.32. The first-order valence-electron chi connectivity index (χ1n) is 6.38. The minimum absolute atomic E-state index is 0.0609. The summed E-state index contributed by atoms with van der Waals surface area (Å²) in [6.07, 6.45) is 2.59. The van der Waals surface area contributed by atoms with Gasteiger partial charge in [0.05, 0.1) is 0 Å². The van der Waals surface area contributed by atoms with Gasteiger partial charge in [-0.3, -0.25) is 9.69 Å². The van der Waals surface area contributed by atoms with E-state index in [-0.39, 0.29) is 12.1 Å². The zero-order chi connectivity index (χ0) is 14.1. The molecule has 0 radical (unpaired) electrons. The Balaban J connectivity index is 2.10. The summed E-state index contributed by atoms with van der Waals surface area (Å²) in [6, 6.07) is 9.46. The van der Waals surface area contributed by atoms with Gasteiger partial charge in [-0.15, -0.1) is 0 Å². The van der Waals surface area contributed by atoms with Gasteiger partial charge in [-0.1, -0.05) is 0 Å². The molecular weight excluding hydrogens is 254 g/mol. The molecule has 1 saturated heterocycles. The van der Waals surface area contributed by atoms with Gasteiger partial charge >= 0.3 is 0 Å². The van der Waals surface area contributed by atoms with Crippen molar-refractivity contribution >= 4 is 22.4 Å². The van der Waals surface area contributed by atoms with Crippen LogP contribution in [0.5, 0.6) is 0 Å². The lowest BCUT2D eigenvalue weighted by atomic mass is 10.1. The van der Waals surface area contributed by atoms with E-state index in [1.807, 2.05) is 24.3 Å². The third kappa shape index (κ3) is 1.91. The molecule has 5 nitrogen and oxygen atoms in total. The number of pyridine rings is 1. The number of aromatic nitrogens is 1. The Morgan fingerprint density at radius 3 is 3.05 bits per heavy atom. The molecule has 0 spiro atoms. The normalized spacial score (nSPS) is 18.5. The molecule has 0 bridgehead atoms. The molecule has 1 aromatic carbocycles. The van der Waals surface area contributed by atoms with Gasteiger partial charge in [-0.05, 0) is 29.7 Å². The molecule has 3 rings (SSSR count). The fourth-order valence-corrected chi connectivity index (χ4v) is 2.59. The molecule has 1 aromatic heterocycles. The maximum absolute atomic E-state index is 12.0. The lowest BCUT2D eigenvalue weighted by Crippen LogP contribution is -2.34. The van der Waals surface area contributed by atoms with Crippen molar-refractivity contribution in [1.29, 1.82) is 5.26 Å². The van der Waals surface area contributed by atoms with Gasteiger partial charge < -0.3 is 4.74 Å². The molecule has 1 amide bonds. The van der Waals surface area contributed by atoms with E-state index in [9.17, 15) is 4.79 Å². The van der Waals surface area contributed by atoms with E-state index >= 15 is 0 Å². The molecule has 0 unspecified atom stereocenters. The molecule has 20 heavy (non-hydrogen) atoms. The molecule has 2 aromatic rings. The summed E-state index contributed by atoms with van der Waals surface area (Å²) >= 11 is 0. The first-order chi connectivity index (χ1) is 9.74. The number of ether oxygens (including phenoxy) is 1. The lowest BCUT2D eigenvalue weighted by Gasteiger charge is -2.23. The third-order valence-electron chi connectivity index (χ3n) is 3.57. The van der Waals surface area contributed by atoms with Crippen LogP contribution in [0.2, 0.25) is 0 Å². The number of fused-ring (bicyclic) bond motifs is 1. The largest absolute Gasteiger partial charge is 0.361 e. The average Bonchev–Trinajstić information content (AvgIpc) is 2.86. The van der Waals surface area contributed by atoms with Gasteiger partial charge in [0, 0.05) is 37.2 Å². The number of nitriles is 1. The van der Waals surface area contributed by atoms with Crippen molar-refractivity contribution in [2.24, 2.45) is 0 Å². The summed E-state index contributed by atoms with van der Waals surface area (Å²) in [5, 5.41) is 10.7. The summed E-state index contributed by atoms with van der Waals surface area (Å²) in [5.74, 6) is 0.0609. The number of nitrogens with zero attached hydrogens (tertiary/aromatic N) is 3. The van der Waals surface area contributed by atoms with Crippen molar-refractivity contribution in [3.05, 3.63) is 36.2 Å². The number of methoxy groups -OCH3 is 1. The van der Waals surface area contributed by atoms with E-state index in [0.29, 0.717) is 18.5 Å². The van der Waals surface area contributed by atoms with E-state index in [2.05, 4.69) is 11.1 Å². The van der Waals surface area contributed by atoms with Crippen molar-refractivity contribution < 1.29 is 9.53 Å². The highest BCUT2D eigenvalue weighted by molar-refractivity contribution is 5.98. The van der Waals surface area contributed by atoms with Crippen molar-refractivity contribution in [3.8, 4) is 6.07 Å². The number of hydrogen-bond acceptors (Lipinski definition) is 4. The van der Waals surface area contributed by atoms with Crippen LogP contribution in [0.1, 0.15) is 18.5 Å². The Bertz CT molecular complexity index is 721. The second-order valence-corrected chi connectivity index (χ2v) is 4.67. The smallest absolute Gasteiger partial charge is 0.229 e. The van der Waals surface area contributed by atoms with Crippen LogP contribution >= 0.6 is 0 Å². The Labute approximate surface area is 116 Å². The van der Waals surface area contributed by atoms with Crippen molar-refractivity contribution in [3.63, 3.8) is 0 Å². The van der Waals surface area contributed by atoms with Crippen LogP contribution in [0, 0.1) is 11.3 Å². The highest BCUT2D eigenvalue weighted by atomic mass is 16.5. The van der Waals surface area contributed by atoms with E-state index in [0.717, 1.165) is 16.5 Å². The summed E-state index contributed by atoms with van der Waals surface area (Å²) in [4.78, 5) is 17.7. The summed E-state index contributed by atoms with van der Waals surface area (Å²) in [6.45, 7) is 0. The molecule has 1 aliphatic heterocycles. The number of benzene rings is 1. The molecule has 0 N–H and O–H groups in total. The fourth-order valence-electron chi connectivity index (χ4n) is 2.59. The Kier molecular flexibility index (Phi) is 3.09. The van der Waals surface area contributed by atoms with E-state index in [1.165, 1.54) is 0 Å². The Morgan fingerprint density at radius 1 is 1.45 bits per heavy atom. The quantitative estimate of drug-likeness (QED) is 0.836. The zero-order valence-corrected chi connectivity index (χ0v) is 11.0. The van der Waals surface area contributed by atoms with Gasteiger partial charge in [0.2, 0.25) is 5.91 Å². The summed E-state index contributed by atoms with van der Waals surface area (Å²) < 4.78 is 5.35. The lowest BCUT2D eigenvalue weighted by molar-refractivity contribution is -0.117. The molecule has 100 valence electrons. The zero-order valence-electron chi connectivity index (χ0n) is 11.0. The maximum atomic E-state index is 12.0. The Morgan fingerprint density at radius 2 is 2.30 bits per heavy atom. The molecule has 0 saturated carbocycles. The van der Waals surface area contributed by atoms with Gasteiger partial charge in [0.15, 0.2) is 0 Å². The van der Waals surface area contributed by atoms with Crippen LogP contribution in [0.15, 0.2) is 30.5 Å². The third-order valence-corrected chi connectivity index (χ3v) is 3.57. The molecule has 2 heterocycles. The van der Waals surface area contributed by atoms with Crippen molar-refractivity contribution in [2.75, 3.05) is 12.0 Å². The summed E-state index contributed by atoms with van der Waals surface area (Å²) in [7, 11) is 1.61. The first kappa shape index (κ1) is 12.6. The van der Waals surface area contributed by atoms with Crippen LogP contribution in [-0.4, -0.2) is 24.2 Å². The monoisotopic (exact) mass is 267 g/mol. The van der Waals surface area contributed by atoms with Gasteiger partial charge in [0.25, 0.3) is 0 Å². The number of rotatable bonds is 2. The van der Waals surface area contributed by atoms with Crippen LogP contribution in [0.3, 0.4) is 0 Å². The number of hydrogen-bond donors (Lipinski definition) is 0. The minimum Gasteiger partial charge on any atom is -0.361 e. The molecule has 1 atom stereocenters. The minimum atomic E-state index is -0.211. The SMILES string of the molecule is CO[C@H]1CCC(=O)N1c1ccc2c(C#N)nccc2c1. The topological polar surface area (TPSA) is 66.2 Å².